The van der Waals surface area contributed by atoms with Crippen LogP contribution in [0.25, 0.3) is 38.8 Å². The average Bonchev–Trinajstić information content (AvgIpc) is 4.11. The van der Waals surface area contributed by atoms with Gasteiger partial charge >= 0.3 is 11.9 Å². The third kappa shape index (κ3) is 11.4. The number of ketones is 2. The highest BCUT2D eigenvalue weighted by Crippen LogP contribution is 2.40. The first kappa shape index (κ1) is 50.0. The third-order valence-corrected chi connectivity index (χ3v) is 15.0. The molecule has 0 bridgehead atoms. The van der Waals surface area contributed by atoms with Crippen LogP contribution in [0, 0.1) is 17.8 Å². The van der Waals surface area contributed by atoms with Crippen LogP contribution in [0.1, 0.15) is 168 Å². The Balaban J connectivity index is 0.977. The van der Waals surface area contributed by atoms with Crippen molar-refractivity contribution in [1.82, 2.24) is 9.13 Å². The van der Waals surface area contributed by atoms with Crippen molar-refractivity contribution < 1.29 is 28.9 Å². The number of carbonyl (C=O) groups excluding carboxylic acids is 4. The normalized spacial score (nSPS) is 17.2. The average molecular weight is 943 g/mol. The van der Waals surface area contributed by atoms with E-state index in [4.69, 9.17) is 9.68 Å². The molecule has 366 valence electrons. The van der Waals surface area contributed by atoms with Crippen molar-refractivity contribution in [3.05, 3.63) is 125 Å². The minimum absolute atomic E-state index is 0.128. The number of Topliss-reactive ketones (excluding diaryl/α,β-unsaturated/α-hetero) is 2. The number of rotatable bonds is 23. The molecule has 70 heavy (non-hydrogen) atoms. The Morgan fingerprint density at radius 1 is 0.671 bits per heavy atom. The molecule has 2 aliphatic rings. The quantitative estimate of drug-likeness (QED) is 0.0273. The van der Waals surface area contributed by atoms with Crippen LogP contribution in [0.4, 0.5) is 0 Å². The van der Waals surface area contributed by atoms with Gasteiger partial charge in [-0.25, -0.2) is 9.59 Å². The Morgan fingerprint density at radius 2 is 1.34 bits per heavy atom. The number of nitrogens with zero attached hydrogens (tertiary/aromatic N) is 4. The second-order valence-corrected chi connectivity index (χ2v) is 19.5. The molecule has 2 fully saturated rings. The van der Waals surface area contributed by atoms with Crippen LogP contribution in [0.3, 0.4) is 0 Å². The lowest BCUT2D eigenvalue weighted by molar-refractivity contribution is -0.149. The maximum absolute atomic E-state index is 14.4. The molecule has 2 saturated carbocycles. The minimum Gasteiger partial charge on any atom is -0.341 e. The van der Waals surface area contributed by atoms with Crippen LogP contribution in [-0.4, -0.2) is 44.1 Å². The van der Waals surface area contributed by atoms with Gasteiger partial charge in [0, 0.05) is 63.5 Å². The fourth-order valence-corrected chi connectivity index (χ4v) is 10.7. The van der Waals surface area contributed by atoms with Crippen LogP contribution >= 0.6 is 0 Å². The molecular formula is C60H70N4O6. The Bertz CT molecular complexity index is 2920. The monoisotopic (exact) mass is 943 g/mol. The summed E-state index contributed by atoms with van der Waals surface area (Å²) in [5.74, 6) is -0.158. The number of para-hydroxylation sites is 1. The zero-order chi connectivity index (χ0) is 49.1. The largest absolute Gasteiger partial charge is 0.365 e. The Hall–Kier alpha value is -6.42. The molecule has 10 heteroatoms. The van der Waals surface area contributed by atoms with Crippen LogP contribution in [0.15, 0.2) is 107 Å². The molecule has 0 radical (unpaired) electrons. The fourth-order valence-electron chi connectivity index (χ4n) is 10.7. The second kappa shape index (κ2) is 23.5. The van der Waals surface area contributed by atoms with Crippen molar-refractivity contribution in [1.29, 1.82) is 0 Å². The first-order valence-electron chi connectivity index (χ1n) is 26.1. The number of oxime groups is 2. The lowest BCUT2D eigenvalue weighted by atomic mass is 9.76. The van der Waals surface area contributed by atoms with E-state index in [-0.39, 0.29) is 29.9 Å². The molecule has 0 saturated heterocycles. The molecule has 4 aromatic carbocycles. The van der Waals surface area contributed by atoms with E-state index in [1.165, 1.54) is 5.56 Å². The fraction of sp³-hybridized carbons (Fsp3) is 0.433. The summed E-state index contributed by atoms with van der Waals surface area (Å²) in [6, 6.07) is 29.7. The molecule has 2 aliphatic carbocycles. The number of allylic oxidation sites excluding steroid dienone is 1. The number of fused-ring (bicyclic) bond motifs is 4. The summed E-state index contributed by atoms with van der Waals surface area (Å²) < 4.78 is 4.58. The van der Waals surface area contributed by atoms with Crippen molar-refractivity contribution in [2.45, 2.75) is 150 Å². The maximum atomic E-state index is 14.4. The maximum Gasteiger partial charge on any atom is 0.365 e. The van der Waals surface area contributed by atoms with E-state index in [2.05, 4.69) is 76.6 Å². The van der Waals surface area contributed by atoms with Gasteiger partial charge in [-0.3, -0.25) is 9.59 Å². The zero-order valence-electron chi connectivity index (χ0n) is 41.9. The second-order valence-electron chi connectivity index (χ2n) is 19.5. The van der Waals surface area contributed by atoms with Gasteiger partial charge < -0.3 is 18.8 Å². The highest BCUT2D eigenvalue weighted by atomic mass is 16.7. The number of unbranched alkanes of at least 4 members (excludes halogenated alkanes) is 1. The smallest absolute Gasteiger partial charge is 0.341 e. The van der Waals surface area contributed by atoms with Crippen molar-refractivity contribution in [2.75, 3.05) is 0 Å². The van der Waals surface area contributed by atoms with Crippen molar-refractivity contribution in [3.63, 3.8) is 0 Å². The number of hydrogen-bond acceptors (Lipinski definition) is 8. The molecule has 2 heterocycles. The van der Waals surface area contributed by atoms with Crippen LogP contribution in [-0.2, 0) is 38.8 Å². The van der Waals surface area contributed by atoms with E-state index in [0.29, 0.717) is 59.6 Å². The van der Waals surface area contributed by atoms with Gasteiger partial charge in [0.2, 0.25) is 5.78 Å². The number of aryl methyl sites for hydroxylation is 2. The summed E-state index contributed by atoms with van der Waals surface area (Å²) in [6.07, 6.45) is 16.5. The summed E-state index contributed by atoms with van der Waals surface area (Å²) in [5.41, 5.74) is 8.13. The lowest BCUT2D eigenvalue weighted by Gasteiger charge is -2.29. The predicted octanol–water partition coefficient (Wildman–Crippen LogP) is 14.4. The van der Waals surface area contributed by atoms with Gasteiger partial charge in [0.1, 0.15) is 11.4 Å². The van der Waals surface area contributed by atoms with Gasteiger partial charge in [-0.1, -0.05) is 104 Å². The molecular weight excluding hydrogens is 873 g/mol. The molecule has 0 aliphatic heterocycles. The molecule has 8 rings (SSSR count). The van der Waals surface area contributed by atoms with E-state index < -0.39 is 5.97 Å². The van der Waals surface area contributed by atoms with Gasteiger partial charge in [-0.15, -0.1) is 0 Å². The molecule has 0 spiro atoms. The topological polar surface area (TPSA) is 121 Å². The van der Waals surface area contributed by atoms with Crippen LogP contribution < -0.4 is 0 Å². The van der Waals surface area contributed by atoms with Crippen LogP contribution in [0.2, 0.25) is 0 Å². The Morgan fingerprint density at radius 3 is 2.03 bits per heavy atom. The standard InChI is InChI=1S/C60H70N4O6/c1-6-11-18-42(8-3)59(67)69-62-52(58(66)46-32-36-55-49(37-46)47-21-15-16-22-54(47)63(55)9-4)35-28-41-25-29-43(30-26-41)45-31-33-48-50(53(17-7-2)64(10-5)56(48)38-45)39-57(65)51(34-27-40-23-24-40)61-70-60(68)44-19-13-12-14-20-44/h7,12-17,19-22,31-33,36-38,40-43H,6,8-11,18,23-30,34-35,39H2,1-5H3/b17-7-,61-51+,62-52+. The number of carbonyl (C=O) groups is 4. The molecule has 0 N–H and O–H groups in total. The lowest BCUT2D eigenvalue weighted by Crippen LogP contribution is -2.21. The van der Waals surface area contributed by atoms with E-state index in [0.717, 1.165) is 128 Å². The molecule has 6 aromatic rings. The van der Waals surface area contributed by atoms with E-state index in [1.807, 2.05) is 56.3 Å². The molecule has 10 nitrogen and oxygen atoms in total. The summed E-state index contributed by atoms with van der Waals surface area (Å²) in [7, 11) is 0. The van der Waals surface area contributed by atoms with Crippen molar-refractivity contribution in [2.24, 2.45) is 28.1 Å². The number of aromatic nitrogens is 2. The first-order valence-corrected chi connectivity index (χ1v) is 26.1. The van der Waals surface area contributed by atoms with E-state index in [1.54, 1.807) is 24.3 Å². The highest BCUT2D eigenvalue weighted by molar-refractivity contribution is 6.46. The van der Waals surface area contributed by atoms with E-state index in [9.17, 15) is 19.2 Å². The highest BCUT2D eigenvalue weighted by Gasteiger charge is 2.29. The molecule has 0 amide bonds. The SMILES string of the molecule is C/C=C\c1c(CC(=O)/C(CCC2CC2)=N/OC(=O)c2ccccc2)c2ccc(C3CCC(CC/C(=N\OC(=O)C(CC)CCCC)C(=O)c4ccc5c(c4)c4ccccc4n5CC)CC3)cc2n1CC. The van der Waals surface area contributed by atoms with Gasteiger partial charge in [0.05, 0.1) is 11.5 Å². The van der Waals surface area contributed by atoms with Crippen molar-refractivity contribution in [3.8, 4) is 0 Å². The summed E-state index contributed by atoms with van der Waals surface area (Å²) >= 11 is 0. The Kier molecular flexibility index (Phi) is 16.8. The predicted molar refractivity (Wildman–Crippen MR) is 282 cm³/mol. The molecule has 2 aromatic heterocycles. The number of benzene rings is 4. The van der Waals surface area contributed by atoms with Gasteiger partial charge in [0.15, 0.2) is 5.78 Å². The van der Waals surface area contributed by atoms with E-state index >= 15 is 0 Å². The van der Waals surface area contributed by atoms with Gasteiger partial charge in [-0.05, 0) is 162 Å². The van der Waals surface area contributed by atoms with Crippen molar-refractivity contribution >= 4 is 73.7 Å². The molecule has 1 atom stereocenters. The van der Waals surface area contributed by atoms with Gasteiger partial charge in [-0.2, -0.15) is 0 Å². The third-order valence-electron chi connectivity index (χ3n) is 15.0. The first-order chi connectivity index (χ1) is 34.2. The zero-order valence-corrected chi connectivity index (χ0v) is 41.9. The Labute approximate surface area is 413 Å². The minimum atomic E-state index is -0.577. The summed E-state index contributed by atoms with van der Waals surface area (Å²) in [4.78, 5) is 65.7. The number of hydrogen-bond donors (Lipinski definition) is 0. The summed E-state index contributed by atoms with van der Waals surface area (Å²) in [5, 5.41) is 11.8. The molecule has 1 unspecified atom stereocenters. The summed E-state index contributed by atoms with van der Waals surface area (Å²) in [6.45, 7) is 11.9. The van der Waals surface area contributed by atoms with Crippen LogP contribution in [0.5, 0.6) is 0 Å². The van der Waals surface area contributed by atoms with Gasteiger partial charge in [0.25, 0.3) is 0 Å².